The highest BCUT2D eigenvalue weighted by molar-refractivity contribution is 7.70. The van der Waals surface area contributed by atoms with Crippen LogP contribution in [0, 0.1) is 0 Å². The van der Waals surface area contributed by atoms with E-state index in [4.69, 9.17) is 28.9 Å². The van der Waals surface area contributed by atoms with Crippen LogP contribution in [0.3, 0.4) is 0 Å². The fourth-order valence-electron chi connectivity index (χ4n) is 2.31. The maximum atomic E-state index is 11.9. The molecule has 0 aliphatic rings. The second kappa shape index (κ2) is 9.98. The number of rotatable bonds is 4. The summed E-state index contributed by atoms with van der Waals surface area (Å²) in [4.78, 5) is 7.77. The van der Waals surface area contributed by atoms with E-state index in [9.17, 15) is 9.13 Å². The van der Waals surface area contributed by atoms with Gasteiger partial charge in [-0.2, -0.15) is 4.98 Å². The first-order valence-corrected chi connectivity index (χ1v) is 14.8. The molecule has 0 aliphatic carbocycles. The Labute approximate surface area is 187 Å². The molecule has 3 N–H and O–H groups in total. The van der Waals surface area contributed by atoms with Gasteiger partial charge >= 0.3 is 0 Å². The van der Waals surface area contributed by atoms with Gasteiger partial charge in [-0.3, -0.25) is 0 Å². The summed E-state index contributed by atoms with van der Waals surface area (Å²) in [6.45, 7) is 6.96. The Bertz CT molecular complexity index is 1090. The van der Waals surface area contributed by atoms with Crippen molar-refractivity contribution in [1.29, 1.82) is 0 Å². The van der Waals surface area contributed by atoms with E-state index in [1.807, 2.05) is 36.4 Å². The Morgan fingerprint density at radius 2 is 1.30 bits per heavy atom. The Morgan fingerprint density at radius 1 is 0.833 bits per heavy atom. The van der Waals surface area contributed by atoms with Crippen molar-refractivity contribution < 1.29 is 9.13 Å². The lowest BCUT2D eigenvalue weighted by molar-refractivity contribution is 0.587. The zero-order valence-electron chi connectivity index (χ0n) is 17.1. The molecule has 1 heterocycles. The summed E-state index contributed by atoms with van der Waals surface area (Å²) in [5.74, 6) is 0.436. The normalized spacial score (nSPS) is 11.4. The van der Waals surface area contributed by atoms with Crippen molar-refractivity contribution in [1.82, 2.24) is 9.97 Å². The van der Waals surface area contributed by atoms with Gasteiger partial charge in [0, 0.05) is 22.0 Å². The van der Waals surface area contributed by atoms with Gasteiger partial charge in [-0.25, -0.2) is 4.98 Å². The van der Waals surface area contributed by atoms with E-state index >= 15 is 0 Å². The number of hydrogen-bond acceptors (Lipinski definition) is 6. The third-order valence-corrected chi connectivity index (χ3v) is 7.52. The molecule has 0 saturated carbocycles. The molecule has 0 aliphatic heterocycles. The van der Waals surface area contributed by atoms with Crippen molar-refractivity contribution in [3.63, 3.8) is 0 Å². The van der Waals surface area contributed by atoms with Crippen molar-refractivity contribution >= 4 is 65.3 Å². The summed E-state index contributed by atoms with van der Waals surface area (Å²) in [7, 11) is -4.33. The lowest BCUT2D eigenvalue weighted by Gasteiger charge is -2.10. The summed E-state index contributed by atoms with van der Waals surface area (Å²) < 4.78 is 23.4. The minimum Gasteiger partial charge on any atom is -0.399 e. The van der Waals surface area contributed by atoms with Crippen LogP contribution in [0.1, 0.15) is 0 Å². The van der Waals surface area contributed by atoms with Crippen molar-refractivity contribution in [2.75, 3.05) is 37.7 Å². The summed E-state index contributed by atoms with van der Waals surface area (Å²) in [5, 5.41) is 5.24. The van der Waals surface area contributed by atoms with Gasteiger partial charge in [0.25, 0.3) is 0 Å². The molecule has 0 radical (unpaired) electrons. The van der Waals surface area contributed by atoms with Crippen molar-refractivity contribution in [2.24, 2.45) is 0 Å². The maximum Gasteiger partial charge on any atom is 0.224 e. The Balaban J connectivity index is 0.000000248. The number of aromatic nitrogens is 2. The predicted octanol–water partition coefficient (Wildman–Crippen LogP) is 5.29. The van der Waals surface area contributed by atoms with Crippen LogP contribution in [0.4, 0.5) is 17.2 Å². The SMILES string of the molecule is CP(C)(=O)c1ccc(N)cc1.CP(C)(=O)c1ccc(Nc2nc(Cl)ncc2Cl)cc1. The lowest BCUT2D eigenvalue weighted by atomic mass is 10.3. The fraction of sp³-hybridized carbons (Fsp3) is 0.200. The van der Waals surface area contributed by atoms with Crippen LogP contribution in [0.2, 0.25) is 10.3 Å². The molecule has 0 fully saturated rings. The number of halogens is 2. The average Bonchev–Trinajstić information content (AvgIpc) is 2.65. The molecule has 0 bridgehead atoms. The van der Waals surface area contributed by atoms with Gasteiger partial charge in [0.05, 0.1) is 6.20 Å². The number of nitrogens with two attached hydrogens (primary N) is 1. The summed E-state index contributed by atoms with van der Waals surface area (Å²) >= 11 is 11.7. The maximum absolute atomic E-state index is 11.9. The van der Waals surface area contributed by atoms with Gasteiger partial charge in [-0.05, 0) is 86.8 Å². The Hall–Kier alpha value is -1.84. The molecule has 0 amide bonds. The van der Waals surface area contributed by atoms with Crippen molar-refractivity contribution in [3.8, 4) is 0 Å². The molecule has 1 aromatic heterocycles. The topological polar surface area (TPSA) is 98.0 Å². The van der Waals surface area contributed by atoms with E-state index in [-0.39, 0.29) is 5.28 Å². The second-order valence-corrected chi connectivity index (χ2v) is 14.5. The van der Waals surface area contributed by atoms with Crippen LogP contribution in [0.25, 0.3) is 0 Å². The van der Waals surface area contributed by atoms with Crippen LogP contribution in [-0.4, -0.2) is 36.6 Å². The number of benzene rings is 2. The van der Waals surface area contributed by atoms with E-state index in [1.54, 1.807) is 38.8 Å². The predicted molar refractivity (Wildman–Crippen MR) is 131 cm³/mol. The van der Waals surface area contributed by atoms with E-state index in [0.29, 0.717) is 16.5 Å². The molecule has 30 heavy (non-hydrogen) atoms. The summed E-state index contributed by atoms with van der Waals surface area (Å²) in [6, 6.07) is 14.5. The number of nitrogen functional groups attached to an aromatic ring is 1. The second-order valence-electron chi connectivity index (χ2n) is 7.30. The van der Waals surface area contributed by atoms with Crippen LogP contribution in [-0.2, 0) is 9.13 Å². The molecule has 0 atom stereocenters. The first kappa shape index (κ1) is 24.4. The molecule has 0 unspecified atom stereocenters. The Kier molecular flexibility index (Phi) is 8.13. The summed E-state index contributed by atoms with van der Waals surface area (Å²) in [6.07, 6.45) is 1.43. The number of anilines is 3. The molecule has 2 aromatic carbocycles. The molecule has 0 saturated heterocycles. The highest BCUT2D eigenvalue weighted by Crippen LogP contribution is 2.35. The van der Waals surface area contributed by atoms with Gasteiger partial charge in [0.1, 0.15) is 19.3 Å². The van der Waals surface area contributed by atoms with Crippen molar-refractivity contribution in [2.45, 2.75) is 0 Å². The number of nitrogens with zero attached hydrogens (tertiary/aromatic N) is 2. The highest BCUT2D eigenvalue weighted by Gasteiger charge is 2.11. The van der Waals surface area contributed by atoms with Gasteiger partial charge in [-0.1, -0.05) is 11.6 Å². The van der Waals surface area contributed by atoms with E-state index in [0.717, 1.165) is 16.3 Å². The van der Waals surface area contributed by atoms with Crippen molar-refractivity contribution in [3.05, 3.63) is 65.0 Å². The summed E-state index contributed by atoms with van der Waals surface area (Å²) in [5.41, 5.74) is 6.98. The number of hydrogen-bond donors (Lipinski definition) is 2. The zero-order chi connectivity index (χ0) is 22.5. The molecule has 10 heteroatoms. The first-order valence-electron chi connectivity index (χ1n) is 8.88. The monoisotopic (exact) mass is 484 g/mol. The van der Waals surface area contributed by atoms with Gasteiger partial charge in [0.2, 0.25) is 5.28 Å². The van der Waals surface area contributed by atoms with Crippen LogP contribution >= 0.6 is 37.5 Å². The lowest BCUT2D eigenvalue weighted by Crippen LogP contribution is -2.03. The fourth-order valence-corrected chi connectivity index (χ4v) is 4.31. The molecular formula is C20H24Cl2N4O2P2. The molecule has 160 valence electrons. The zero-order valence-corrected chi connectivity index (χ0v) is 20.4. The van der Waals surface area contributed by atoms with Gasteiger partial charge in [0.15, 0.2) is 5.82 Å². The van der Waals surface area contributed by atoms with Crippen LogP contribution < -0.4 is 21.7 Å². The molecule has 3 aromatic rings. The van der Waals surface area contributed by atoms with E-state index < -0.39 is 14.3 Å². The average molecular weight is 485 g/mol. The minimum absolute atomic E-state index is 0.120. The third kappa shape index (κ3) is 7.45. The van der Waals surface area contributed by atoms with E-state index in [2.05, 4.69) is 15.3 Å². The third-order valence-electron chi connectivity index (χ3n) is 3.98. The standard InChI is InChI=1S/C12H12Cl2N3OP.C8H12NOP/c1-19(2,18)9-5-3-8(4-6-9)16-11-10(13)7-15-12(14)17-11;1-11(2,10)8-5-3-7(9)4-6-8/h3-7H,1-2H3,(H,15,16,17);3-6H,9H2,1-2H3. The molecule has 6 nitrogen and oxygen atoms in total. The van der Waals surface area contributed by atoms with E-state index in [1.165, 1.54) is 6.20 Å². The minimum atomic E-state index is -2.24. The smallest absolute Gasteiger partial charge is 0.224 e. The van der Waals surface area contributed by atoms with Gasteiger partial charge < -0.3 is 20.2 Å². The largest absolute Gasteiger partial charge is 0.399 e. The quantitative estimate of drug-likeness (QED) is 0.296. The molecule has 3 rings (SSSR count). The Morgan fingerprint density at radius 3 is 1.77 bits per heavy atom. The number of nitrogens with one attached hydrogen (secondary N) is 1. The van der Waals surface area contributed by atoms with Crippen LogP contribution in [0.5, 0.6) is 0 Å². The molecule has 0 spiro atoms. The first-order chi connectivity index (χ1) is 13.9. The highest BCUT2D eigenvalue weighted by atomic mass is 35.5. The molecular weight excluding hydrogens is 461 g/mol. The van der Waals surface area contributed by atoms with Gasteiger partial charge in [-0.15, -0.1) is 0 Å². The van der Waals surface area contributed by atoms with Crippen LogP contribution in [0.15, 0.2) is 54.7 Å².